The first kappa shape index (κ1) is 15.3. The summed E-state index contributed by atoms with van der Waals surface area (Å²) in [6.45, 7) is 2.57. The molecule has 0 aliphatic heterocycles. The van der Waals surface area contributed by atoms with Gasteiger partial charge in [0, 0.05) is 22.6 Å². The van der Waals surface area contributed by atoms with Gasteiger partial charge >= 0.3 is 0 Å². The number of methoxy groups -OCH3 is 1. The third kappa shape index (κ3) is 5.25. The second kappa shape index (κ2) is 7.61. The van der Waals surface area contributed by atoms with Crippen LogP contribution in [0.2, 0.25) is 5.02 Å². The fraction of sp³-hybridized carbons (Fsp3) is 0.417. The summed E-state index contributed by atoms with van der Waals surface area (Å²) in [6, 6.07) is 5.36. The number of nitrogens with one attached hydrogen (secondary N) is 2. The van der Waals surface area contributed by atoms with Crippen molar-refractivity contribution in [2.24, 2.45) is 0 Å². The van der Waals surface area contributed by atoms with Gasteiger partial charge in [-0.15, -0.1) is 0 Å². The maximum Gasteiger partial charge on any atom is 0.239 e. The molecule has 4 nitrogen and oxygen atoms in total. The van der Waals surface area contributed by atoms with Gasteiger partial charge in [-0.2, -0.15) is 0 Å². The number of halogens is 2. The van der Waals surface area contributed by atoms with Crippen molar-refractivity contribution in [3.05, 3.63) is 27.7 Å². The standard InChI is InChI=1S/C12H16BrClN2O2/c1-8(7-18-2)16-12(17)6-15-11-5-9(14)3-4-10(11)13/h3-5,8,15H,6-7H2,1-2H3,(H,16,17). The van der Waals surface area contributed by atoms with Crippen molar-refractivity contribution in [3.8, 4) is 0 Å². The van der Waals surface area contributed by atoms with Gasteiger partial charge in [0.2, 0.25) is 5.91 Å². The molecule has 1 rings (SSSR count). The van der Waals surface area contributed by atoms with Crippen molar-refractivity contribution in [1.29, 1.82) is 0 Å². The van der Waals surface area contributed by atoms with E-state index >= 15 is 0 Å². The molecule has 0 spiro atoms. The van der Waals surface area contributed by atoms with Crippen molar-refractivity contribution in [2.75, 3.05) is 25.6 Å². The van der Waals surface area contributed by atoms with Crippen molar-refractivity contribution < 1.29 is 9.53 Å². The Balaban J connectivity index is 2.45. The quantitative estimate of drug-likeness (QED) is 0.840. The SMILES string of the molecule is COCC(C)NC(=O)CNc1cc(Cl)ccc1Br. The maximum atomic E-state index is 11.6. The number of carbonyl (C=O) groups excluding carboxylic acids is 1. The second-order valence-corrected chi connectivity index (χ2v) is 5.19. The van der Waals surface area contributed by atoms with Crippen LogP contribution in [0.5, 0.6) is 0 Å². The van der Waals surface area contributed by atoms with Crippen LogP contribution in [0.1, 0.15) is 6.92 Å². The van der Waals surface area contributed by atoms with Gasteiger partial charge in [0.25, 0.3) is 0 Å². The Morgan fingerprint density at radius 1 is 1.56 bits per heavy atom. The number of hydrogen-bond acceptors (Lipinski definition) is 3. The lowest BCUT2D eigenvalue weighted by molar-refractivity contribution is -0.120. The normalized spacial score (nSPS) is 12.0. The average Bonchev–Trinajstić information content (AvgIpc) is 2.30. The van der Waals surface area contributed by atoms with Gasteiger partial charge in [0.15, 0.2) is 0 Å². The fourth-order valence-corrected chi connectivity index (χ4v) is 1.98. The molecule has 0 saturated heterocycles. The second-order valence-electron chi connectivity index (χ2n) is 3.90. The van der Waals surface area contributed by atoms with E-state index in [9.17, 15) is 4.79 Å². The molecule has 0 aromatic heterocycles. The monoisotopic (exact) mass is 334 g/mol. The van der Waals surface area contributed by atoms with Crippen LogP contribution in [0.25, 0.3) is 0 Å². The molecule has 0 fully saturated rings. The Morgan fingerprint density at radius 3 is 2.94 bits per heavy atom. The first-order valence-corrected chi connectivity index (χ1v) is 6.67. The molecule has 6 heteroatoms. The zero-order valence-corrected chi connectivity index (χ0v) is 12.6. The Kier molecular flexibility index (Phi) is 6.46. The van der Waals surface area contributed by atoms with E-state index < -0.39 is 0 Å². The van der Waals surface area contributed by atoms with Crippen LogP contribution in [0.4, 0.5) is 5.69 Å². The molecule has 1 amide bonds. The minimum absolute atomic E-state index is 0.00731. The van der Waals surface area contributed by atoms with Gasteiger partial charge in [-0.3, -0.25) is 4.79 Å². The zero-order valence-electron chi connectivity index (χ0n) is 10.3. The lowest BCUT2D eigenvalue weighted by Crippen LogP contribution is -2.39. The largest absolute Gasteiger partial charge is 0.383 e. The highest BCUT2D eigenvalue weighted by molar-refractivity contribution is 9.10. The molecule has 1 aromatic carbocycles. The topological polar surface area (TPSA) is 50.4 Å². The van der Waals surface area contributed by atoms with E-state index in [1.54, 1.807) is 19.2 Å². The van der Waals surface area contributed by atoms with Gasteiger partial charge in [0.05, 0.1) is 18.8 Å². The number of ether oxygens (including phenoxy) is 1. The van der Waals surface area contributed by atoms with Gasteiger partial charge in [-0.05, 0) is 41.1 Å². The highest BCUT2D eigenvalue weighted by Gasteiger charge is 2.07. The lowest BCUT2D eigenvalue weighted by atomic mass is 10.3. The Bertz CT molecular complexity index is 415. The van der Waals surface area contributed by atoms with E-state index in [0.29, 0.717) is 11.6 Å². The Hall–Kier alpha value is -0.780. The number of benzene rings is 1. The van der Waals surface area contributed by atoms with Crippen LogP contribution in [0.3, 0.4) is 0 Å². The third-order valence-electron chi connectivity index (χ3n) is 2.19. The number of rotatable bonds is 6. The predicted molar refractivity (Wildman–Crippen MR) is 77.1 cm³/mol. The van der Waals surface area contributed by atoms with Crippen molar-refractivity contribution in [2.45, 2.75) is 13.0 Å². The van der Waals surface area contributed by atoms with E-state index in [0.717, 1.165) is 10.2 Å². The molecule has 0 heterocycles. The van der Waals surface area contributed by atoms with E-state index in [1.165, 1.54) is 0 Å². The number of amides is 1. The summed E-state index contributed by atoms with van der Waals surface area (Å²) in [7, 11) is 1.60. The minimum atomic E-state index is -0.0913. The average molecular weight is 336 g/mol. The first-order valence-electron chi connectivity index (χ1n) is 5.50. The highest BCUT2D eigenvalue weighted by atomic mass is 79.9. The first-order chi connectivity index (χ1) is 8.52. The zero-order chi connectivity index (χ0) is 13.5. The van der Waals surface area contributed by atoms with Crippen LogP contribution in [-0.4, -0.2) is 32.2 Å². The summed E-state index contributed by atoms with van der Waals surface area (Å²) in [5.41, 5.74) is 0.789. The minimum Gasteiger partial charge on any atom is -0.383 e. The molecule has 2 N–H and O–H groups in total. The van der Waals surface area contributed by atoms with Gasteiger partial charge in [0.1, 0.15) is 0 Å². The summed E-state index contributed by atoms with van der Waals surface area (Å²) in [5.74, 6) is -0.0913. The smallest absolute Gasteiger partial charge is 0.239 e. The Labute approximate surface area is 120 Å². The molecule has 0 radical (unpaired) electrons. The molecule has 0 aliphatic carbocycles. The molecule has 0 bridgehead atoms. The van der Waals surface area contributed by atoms with Crippen LogP contribution in [0.15, 0.2) is 22.7 Å². The van der Waals surface area contributed by atoms with E-state index in [4.69, 9.17) is 16.3 Å². The molecular formula is C12H16BrClN2O2. The molecule has 1 atom stereocenters. The molecule has 100 valence electrons. The number of carbonyl (C=O) groups is 1. The van der Waals surface area contributed by atoms with Gasteiger partial charge < -0.3 is 15.4 Å². The van der Waals surface area contributed by atoms with E-state index in [2.05, 4.69) is 26.6 Å². The highest BCUT2D eigenvalue weighted by Crippen LogP contribution is 2.25. The number of hydrogen-bond donors (Lipinski definition) is 2. The third-order valence-corrected chi connectivity index (χ3v) is 3.12. The maximum absolute atomic E-state index is 11.6. The summed E-state index contributed by atoms with van der Waals surface area (Å²) in [6.07, 6.45) is 0. The predicted octanol–water partition coefficient (Wildman–Crippen LogP) is 2.67. The molecule has 0 aliphatic rings. The summed E-state index contributed by atoms with van der Waals surface area (Å²) < 4.78 is 5.81. The molecule has 1 aromatic rings. The lowest BCUT2D eigenvalue weighted by Gasteiger charge is -2.14. The van der Waals surface area contributed by atoms with E-state index in [1.807, 2.05) is 13.0 Å². The fourth-order valence-electron chi connectivity index (χ4n) is 1.43. The molecule has 1 unspecified atom stereocenters. The summed E-state index contributed by atoms with van der Waals surface area (Å²) in [5, 5.41) is 6.45. The van der Waals surface area contributed by atoms with Gasteiger partial charge in [-0.1, -0.05) is 11.6 Å². The summed E-state index contributed by atoms with van der Waals surface area (Å²) in [4.78, 5) is 11.6. The van der Waals surface area contributed by atoms with Crippen LogP contribution in [0, 0.1) is 0 Å². The van der Waals surface area contributed by atoms with Crippen molar-refractivity contribution in [1.82, 2.24) is 5.32 Å². The van der Waals surface area contributed by atoms with Crippen molar-refractivity contribution >= 4 is 39.1 Å². The van der Waals surface area contributed by atoms with Crippen LogP contribution >= 0.6 is 27.5 Å². The summed E-state index contributed by atoms with van der Waals surface area (Å²) >= 11 is 9.26. The van der Waals surface area contributed by atoms with E-state index in [-0.39, 0.29) is 18.5 Å². The van der Waals surface area contributed by atoms with Crippen LogP contribution in [-0.2, 0) is 9.53 Å². The van der Waals surface area contributed by atoms with Gasteiger partial charge in [-0.25, -0.2) is 0 Å². The number of anilines is 1. The Morgan fingerprint density at radius 2 is 2.28 bits per heavy atom. The molecule has 18 heavy (non-hydrogen) atoms. The van der Waals surface area contributed by atoms with Crippen molar-refractivity contribution in [3.63, 3.8) is 0 Å². The van der Waals surface area contributed by atoms with Crippen LogP contribution < -0.4 is 10.6 Å². The molecule has 0 saturated carbocycles. The molecular weight excluding hydrogens is 320 g/mol.